The Morgan fingerprint density at radius 3 is 2.55 bits per heavy atom. The van der Waals surface area contributed by atoms with Crippen molar-refractivity contribution in [1.82, 2.24) is 5.32 Å². The highest BCUT2D eigenvalue weighted by molar-refractivity contribution is 5.86. The molecule has 0 saturated heterocycles. The Hall–Kier alpha value is -2.83. The monoisotopic (exact) mass is 402 g/mol. The third kappa shape index (κ3) is 5.59. The Balaban J connectivity index is 2.26. The van der Waals surface area contributed by atoms with Crippen LogP contribution >= 0.6 is 0 Å². The van der Waals surface area contributed by atoms with E-state index in [1.165, 1.54) is 6.92 Å². The molecule has 0 fully saturated rings. The topological polar surface area (TPSA) is 109 Å². The quantitative estimate of drug-likeness (QED) is 0.482. The van der Waals surface area contributed by atoms with Crippen LogP contribution in [-0.2, 0) is 16.0 Å². The van der Waals surface area contributed by atoms with Crippen LogP contribution in [0.4, 0.5) is 0 Å². The SMILES string of the molecule is CCCCCCc1c(C)c2ccc(O[C@@H](C)C(=O)NCC(=O)[O-])c(C)c2oc1=O. The third-order valence-electron chi connectivity index (χ3n) is 5.01. The summed E-state index contributed by atoms with van der Waals surface area (Å²) in [4.78, 5) is 34.9. The number of carboxylic acid groups (broad SMARTS) is 1. The fraction of sp³-hybridized carbons (Fsp3) is 0.500. The molecule has 1 N–H and O–H groups in total. The second-order valence-corrected chi connectivity index (χ2v) is 7.22. The molecular weight excluding hydrogens is 374 g/mol. The van der Waals surface area contributed by atoms with Gasteiger partial charge in [-0.2, -0.15) is 0 Å². The molecule has 0 spiro atoms. The molecule has 2 rings (SSSR count). The predicted octanol–water partition coefficient (Wildman–Crippen LogP) is 2.17. The van der Waals surface area contributed by atoms with Crippen molar-refractivity contribution in [2.45, 2.75) is 65.9 Å². The van der Waals surface area contributed by atoms with Gasteiger partial charge in [-0.1, -0.05) is 26.2 Å². The molecule has 29 heavy (non-hydrogen) atoms. The summed E-state index contributed by atoms with van der Waals surface area (Å²) in [6.45, 7) is 6.75. The Kier molecular flexibility index (Phi) is 7.82. The number of rotatable bonds is 10. The van der Waals surface area contributed by atoms with Crippen LogP contribution in [-0.4, -0.2) is 24.5 Å². The van der Waals surface area contributed by atoms with Crippen molar-refractivity contribution in [2.24, 2.45) is 0 Å². The van der Waals surface area contributed by atoms with Crippen LogP contribution in [0.2, 0.25) is 0 Å². The van der Waals surface area contributed by atoms with E-state index in [-0.39, 0.29) is 5.63 Å². The van der Waals surface area contributed by atoms with Gasteiger partial charge in [0, 0.05) is 16.5 Å². The first kappa shape index (κ1) is 22.5. The molecule has 7 heteroatoms. The molecule has 0 aliphatic carbocycles. The number of nitrogens with one attached hydrogen (secondary N) is 1. The van der Waals surface area contributed by atoms with Gasteiger partial charge in [0.2, 0.25) is 0 Å². The van der Waals surface area contributed by atoms with Gasteiger partial charge in [-0.3, -0.25) is 4.79 Å². The van der Waals surface area contributed by atoms with Gasteiger partial charge in [-0.25, -0.2) is 4.79 Å². The van der Waals surface area contributed by atoms with Gasteiger partial charge in [0.05, 0.1) is 12.5 Å². The van der Waals surface area contributed by atoms with E-state index in [0.717, 1.165) is 36.6 Å². The van der Waals surface area contributed by atoms with Gasteiger partial charge in [-0.05, 0) is 51.3 Å². The number of benzene rings is 1. The minimum absolute atomic E-state index is 0.341. The van der Waals surface area contributed by atoms with Crippen molar-refractivity contribution in [3.05, 3.63) is 39.2 Å². The maximum atomic E-state index is 12.5. The Morgan fingerprint density at radius 1 is 1.17 bits per heavy atom. The second-order valence-electron chi connectivity index (χ2n) is 7.22. The van der Waals surface area contributed by atoms with Gasteiger partial charge in [0.1, 0.15) is 11.3 Å². The van der Waals surface area contributed by atoms with Crippen molar-refractivity contribution in [1.29, 1.82) is 0 Å². The minimum atomic E-state index is -1.38. The number of carboxylic acids is 1. The van der Waals surface area contributed by atoms with E-state index in [1.807, 2.05) is 13.0 Å². The lowest BCUT2D eigenvalue weighted by Gasteiger charge is -2.17. The number of carbonyl (C=O) groups is 2. The van der Waals surface area contributed by atoms with Gasteiger partial charge < -0.3 is 24.4 Å². The fourth-order valence-electron chi connectivity index (χ4n) is 3.26. The largest absolute Gasteiger partial charge is 0.548 e. The van der Waals surface area contributed by atoms with Crippen molar-refractivity contribution in [2.75, 3.05) is 6.54 Å². The lowest BCUT2D eigenvalue weighted by atomic mass is 9.99. The zero-order valence-corrected chi connectivity index (χ0v) is 17.4. The molecule has 0 aliphatic rings. The number of aryl methyl sites for hydroxylation is 2. The Bertz CT molecular complexity index is 946. The van der Waals surface area contributed by atoms with Crippen LogP contribution in [0.5, 0.6) is 5.75 Å². The van der Waals surface area contributed by atoms with Gasteiger partial charge in [0.25, 0.3) is 5.91 Å². The lowest BCUT2D eigenvalue weighted by molar-refractivity contribution is -0.304. The average molecular weight is 402 g/mol. The summed E-state index contributed by atoms with van der Waals surface area (Å²) in [6.07, 6.45) is 4.08. The summed E-state index contributed by atoms with van der Waals surface area (Å²) in [5, 5.41) is 13.5. The Labute approximate surface area is 170 Å². The molecule has 0 bridgehead atoms. The normalized spacial score (nSPS) is 12.0. The molecule has 1 amide bonds. The Morgan fingerprint density at radius 2 is 1.90 bits per heavy atom. The summed E-state index contributed by atoms with van der Waals surface area (Å²) in [5.74, 6) is -1.56. The van der Waals surface area contributed by atoms with E-state index in [2.05, 4.69) is 12.2 Å². The van der Waals surface area contributed by atoms with Crippen LogP contribution in [0, 0.1) is 13.8 Å². The number of unbranched alkanes of at least 4 members (excludes halogenated alkanes) is 3. The maximum absolute atomic E-state index is 12.5. The molecule has 7 nitrogen and oxygen atoms in total. The molecule has 2 aromatic rings. The number of aliphatic carboxylic acids is 1. The van der Waals surface area contributed by atoms with Crippen LogP contribution in [0.3, 0.4) is 0 Å². The molecule has 0 radical (unpaired) electrons. The van der Waals surface area contributed by atoms with Crippen LogP contribution < -0.4 is 20.8 Å². The highest BCUT2D eigenvalue weighted by atomic mass is 16.5. The smallest absolute Gasteiger partial charge is 0.339 e. The first-order valence-corrected chi connectivity index (χ1v) is 9.96. The molecule has 1 aromatic carbocycles. The lowest BCUT2D eigenvalue weighted by Crippen LogP contribution is -2.43. The maximum Gasteiger partial charge on any atom is 0.339 e. The molecule has 1 atom stereocenters. The first-order valence-electron chi connectivity index (χ1n) is 9.96. The highest BCUT2D eigenvalue weighted by Crippen LogP contribution is 2.30. The molecule has 158 valence electrons. The molecule has 1 aromatic heterocycles. The standard InChI is InChI=1S/C22H29NO6/c1-5-6-7-8-9-17-13(2)16-10-11-18(14(3)20(16)29-22(17)27)28-15(4)21(26)23-12-19(24)25/h10-11,15H,5-9,12H2,1-4H3,(H,23,26)(H,24,25)/p-1/t15-/m0/s1. The van der Waals surface area contributed by atoms with Gasteiger partial charge in [-0.15, -0.1) is 0 Å². The van der Waals surface area contributed by atoms with Crippen LogP contribution in [0.25, 0.3) is 11.0 Å². The average Bonchev–Trinajstić information content (AvgIpc) is 2.67. The summed E-state index contributed by atoms with van der Waals surface area (Å²) in [5.41, 5.74) is 2.31. The summed E-state index contributed by atoms with van der Waals surface area (Å²) < 4.78 is 11.3. The number of carbonyl (C=O) groups excluding carboxylic acids is 2. The second kappa shape index (κ2) is 10.1. The number of amides is 1. The molecule has 0 unspecified atom stereocenters. The molecule has 1 heterocycles. The van der Waals surface area contributed by atoms with Gasteiger partial charge in [0.15, 0.2) is 6.10 Å². The highest BCUT2D eigenvalue weighted by Gasteiger charge is 2.19. The molecule has 0 saturated carbocycles. The summed E-state index contributed by atoms with van der Waals surface area (Å²) in [7, 11) is 0. The van der Waals surface area contributed by atoms with Crippen LogP contribution in [0.15, 0.2) is 21.3 Å². The van der Waals surface area contributed by atoms with Crippen molar-refractivity contribution in [3.8, 4) is 5.75 Å². The van der Waals surface area contributed by atoms with Gasteiger partial charge >= 0.3 is 5.63 Å². The van der Waals surface area contributed by atoms with Crippen molar-refractivity contribution < 1.29 is 23.8 Å². The number of hydrogen-bond acceptors (Lipinski definition) is 6. The summed E-state index contributed by atoms with van der Waals surface area (Å²) in [6, 6.07) is 3.55. The zero-order chi connectivity index (χ0) is 21.6. The molecular formula is C22H28NO6-. The first-order chi connectivity index (χ1) is 13.8. The number of ether oxygens (including phenoxy) is 1. The predicted molar refractivity (Wildman–Crippen MR) is 108 cm³/mol. The van der Waals surface area contributed by atoms with E-state index in [0.29, 0.717) is 28.9 Å². The zero-order valence-electron chi connectivity index (χ0n) is 17.4. The van der Waals surface area contributed by atoms with E-state index in [1.54, 1.807) is 13.0 Å². The van der Waals surface area contributed by atoms with E-state index in [4.69, 9.17) is 9.15 Å². The fourth-order valence-corrected chi connectivity index (χ4v) is 3.26. The minimum Gasteiger partial charge on any atom is -0.548 e. The van der Waals surface area contributed by atoms with Crippen LogP contribution in [0.1, 0.15) is 56.2 Å². The molecule has 0 aliphatic heterocycles. The van der Waals surface area contributed by atoms with E-state index >= 15 is 0 Å². The van der Waals surface area contributed by atoms with Crippen molar-refractivity contribution in [3.63, 3.8) is 0 Å². The van der Waals surface area contributed by atoms with E-state index in [9.17, 15) is 19.5 Å². The number of fused-ring (bicyclic) bond motifs is 1. The van der Waals surface area contributed by atoms with E-state index < -0.39 is 24.5 Å². The number of hydrogen-bond donors (Lipinski definition) is 1. The third-order valence-corrected chi connectivity index (χ3v) is 5.01. The van der Waals surface area contributed by atoms with Crippen molar-refractivity contribution >= 4 is 22.8 Å². The summed E-state index contributed by atoms with van der Waals surface area (Å²) >= 11 is 0.